The lowest BCUT2D eigenvalue weighted by Crippen LogP contribution is -2.13. The van der Waals surface area contributed by atoms with E-state index >= 15 is 0 Å². The van der Waals surface area contributed by atoms with Crippen molar-refractivity contribution in [2.24, 2.45) is 0 Å². The molecular weight excluding hydrogens is 427 g/mol. The van der Waals surface area contributed by atoms with Crippen molar-refractivity contribution >= 4 is 56.9 Å². The summed E-state index contributed by atoms with van der Waals surface area (Å²) in [6.45, 7) is 0. The predicted molar refractivity (Wildman–Crippen MR) is 98.1 cm³/mol. The minimum Gasteiger partial charge on any atom is -0.440 e. The zero-order chi connectivity index (χ0) is 16.0. The SMILES string of the molecule is O=C(Nc1ccc2oc(C3CC3)nc2c1)c1cc(Cl)ccc1I. The van der Waals surface area contributed by atoms with E-state index in [4.69, 9.17) is 16.0 Å². The van der Waals surface area contributed by atoms with E-state index in [0.29, 0.717) is 22.2 Å². The second-order valence-electron chi connectivity index (χ2n) is 5.59. The number of fused-ring (bicyclic) bond motifs is 1. The molecule has 0 saturated heterocycles. The standard InChI is InChI=1S/C17H12ClIN2O2/c18-10-3-5-13(19)12(7-10)16(22)20-11-4-6-15-14(8-11)21-17(23-15)9-1-2-9/h3-9H,1-2H2,(H,20,22). The van der Waals surface area contributed by atoms with Crippen molar-refractivity contribution in [3.05, 3.63) is 56.4 Å². The number of aromatic nitrogens is 1. The normalized spacial score (nSPS) is 14.2. The molecule has 3 aromatic rings. The van der Waals surface area contributed by atoms with E-state index in [0.717, 1.165) is 33.4 Å². The number of hydrogen-bond donors (Lipinski definition) is 1. The van der Waals surface area contributed by atoms with E-state index < -0.39 is 0 Å². The smallest absolute Gasteiger partial charge is 0.256 e. The third kappa shape index (κ3) is 3.07. The quantitative estimate of drug-likeness (QED) is 0.571. The van der Waals surface area contributed by atoms with Crippen molar-refractivity contribution in [1.82, 2.24) is 4.98 Å². The van der Waals surface area contributed by atoms with E-state index in [1.807, 2.05) is 24.3 Å². The van der Waals surface area contributed by atoms with Crippen LogP contribution in [0.4, 0.5) is 5.69 Å². The highest BCUT2D eigenvalue weighted by atomic mass is 127. The predicted octanol–water partition coefficient (Wildman–Crippen LogP) is 5.22. The molecule has 1 aliphatic rings. The molecule has 0 radical (unpaired) electrons. The van der Waals surface area contributed by atoms with Gasteiger partial charge in [0.1, 0.15) is 5.52 Å². The summed E-state index contributed by atoms with van der Waals surface area (Å²) in [6, 6.07) is 10.7. The largest absolute Gasteiger partial charge is 0.440 e. The summed E-state index contributed by atoms with van der Waals surface area (Å²) in [5, 5.41) is 3.43. The maximum absolute atomic E-state index is 12.4. The van der Waals surface area contributed by atoms with Crippen LogP contribution in [0, 0.1) is 3.57 Å². The Morgan fingerprint density at radius 3 is 2.87 bits per heavy atom. The van der Waals surface area contributed by atoms with E-state index in [-0.39, 0.29) is 5.91 Å². The van der Waals surface area contributed by atoms with Crippen molar-refractivity contribution < 1.29 is 9.21 Å². The molecule has 4 rings (SSSR count). The average molecular weight is 439 g/mol. The fraction of sp³-hybridized carbons (Fsp3) is 0.176. The van der Waals surface area contributed by atoms with Crippen molar-refractivity contribution in [3.8, 4) is 0 Å². The van der Waals surface area contributed by atoms with Gasteiger partial charge in [-0.25, -0.2) is 4.98 Å². The lowest BCUT2D eigenvalue weighted by atomic mass is 10.2. The Morgan fingerprint density at radius 1 is 1.26 bits per heavy atom. The second-order valence-corrected chi connectivity index (χ2v) is 7.19. The van der Waals surface area contributed by atoms with Gasteiger partial charge < -0.3 is 9.73 Å². The Balaban J connectivity index is 1.61. The summed E-state index contributed by atoms with van der Waals surface area (Å²) < 4.78 is 6.58. The van der Waals surface area contributed by atoms with Gasteiger partial charge in [-0.1, -0.05) is 11.6 Å². The highest BCUT2D eigenvalue weighted by Gasteiger charge is 2.28. The molecule has 0 aliphatic heterocycles. The van der Waals surface area contributed by atoms with Crippen LogP contribution in [0.15, 0.2) is 40.8 Å². The fourth-order valence-corrected chi connectivity index (χ4v) is 3.15. The van der Waals surface area contributed by atoms with Gasteiger partial charge in [0.05, 0.1) is 5.56 Å². The first-order chi connectivity index (χ1) is 11.1. The van der Waals surface area contributed by atoms with Gasteiger partial charge in [0.15, 0.2) is 11.5 Å². The molecule has 0 atom stereocenters. The van der Waals surface area contributed by atoms with Crippen LogP contribution < -0.4 is 5.32 Å². The zero-order valence-electron chi connectivity index (χ0n) is 12.0. The Hall–Kier alpha value is -1.60. The van der Waals surface area contributed by atoms with Crippen molar-refractivity contribution in [2.45, 2.75) is 18.8 Å². The molecule has 4 nitrogen and oxygen atoms in total. The molecule has 2 aromatic carbocycles. The van der Waals surface area contributed by atoms with Gasteiger partial charge in [-0.3, -0.25) is 4.79 Å². The van der Waals surface area contributed by atoms with E-state index in [1.165, 1.54) is 0 Å². The molecular formula is C17H12ClIN2O2. The van der Waals surface area contributed by atoms with Crippen molar-refractivity contribution in [2.75, 3.05) is 5.32 Å². The molecule has 1 aromatic heterocycles. The Bertz CT molecular complexity index is 918. The highest BCUT2D eigenvalue weighted by molar-refractivity contribution is 14.1. The van der Waals surface area contributed by atoms with Crippen LogP contribution in [-0.2, 0) is 0 Å². The van der Waals surface area contributed by atoms with E-state index in [1.54, 1.807) is 12.1 Å². The summed E-state index contributed by atoms with van der Waals surface area (Å²) in [4.78, 5) is 16.9. The van der Waals surface area contributed by atoms with Crippen LogP contribution in [0.3, 0.4) is 0 Å². The molecule has 0 spiro atoms. The molecule has 23 heavy (non-hydrogen) atoms. The van der Waals surface area contributed by atoms with Gasteiger partial charge in [0, 0.05) is 20.2 Å². The minimum absolute atomic E-state index is 0.192. The summed E-state index contributed by atoms with van der Waals surface area (Å²) in [6.07, 6.45) is 2.28. The monoisotopic (exact) mass is 438 g/mol. The molecule has 0 unspecified atom stereocenters. The number of hydrogen-bond acceptors (Lipinski definition) is 3. The topological polar surface area (TPSA) is 55.1 Å². The van der Waals surface area contributed by atoms with Crippen molar-refractivity contribution in [3.63, 3.8) is 0 Å². The summed E-state index contributed by atoms with van der Waals surface area (Å²) >= 11 is 8.09. The van der Waals surface area contributed by atoms with Crippen molar-refractivity contribution in [1.29, 1.82) is 0 Å². The van der Waals surface area contributed by atoms with Crippen LogP contribution in [0.2, 0.25) is 5.02 Å². The van der Waals surface area contributed by atoms with E-state index in [9.17, 15) is 4.79 Å². The number of nitrogens with one attached hydrogen (secondary N) is 1. The average Bonchev–Trinajstić information content (AvgIpc) is 3.29. The van der Waals surface area contributed by atoms with Gasteiger partial charge in [-0.05, 0) is 71.8 Å². The number of carbonyl (C=O) groups is 1. The number of benzene rings is 2. The number of halogens is 2. The molecule has 1 aliphatic carbocycles. The minimum atomic E-state index is -0.192. The lowest BCUT2D eigenvalue weighted by Gasteiger charge is -2.07. The van der Waals surface area contributed by atoms with Crippen LogP contribution in [-0.4, -0.2) is 10.9 Å². The molecule has 1 heterocycles. The molecule has 0 bridgehead atoms. The third-order valence-corrected chi connectivity index (χ3v) is 4.94. The first-order valence-electron chi connectivity index (χ1n) is 7.27. The molecule has 116 valence electrons. The van der Waals surface area contributed by atoms with Crippen LogP contribution >= 0.6 is 34.2 Å². The molecule has 6 heteroatoms. The first kappa shape index (κ1) is 15.0. The third-order valence-electron chi connectivity index (χ3n) is 3.76. The molecule has 1 N–H and O–H groups in total. The number of rotatable bonds is 3. The lowest BCUT2D eigenvalue weighted by molar-refractivity contribution is 0.102. The molecule has 1 fully saturated rings. The maximum atomic E-state index is 12.4. The van der Waals surface area contributed by atoms with E-state index in [2.05, 4.69) is 32.9 Å². The molecule has 1 saturated carbocycles. The summed E-state index contributed by atoms with van der Waals surface area (Å²) in [7, 11) is 0. The Labute approximate surface area is 151 Å². The molecule has 1 amide bonds. The maximum Gasteiger partial charge on any atom is 0.256 e. The summed E-state index contributed by atoms with van der Waals surface area (Å²) in [5.74, 6) is 1.07. The number of oxazole rings is 1. The van der Waals surface area contributed by atoms with Crippen LogP contribution in [0.25, 0.3) is 11.1 Å². The van der Waals surface area contributed by atoms with Gasteiger partial charge in [-0.15, -0.1) is 0 Å². The highest BCUT2D eigenvalue weighted by Crippen LogP contribution is 2.40. The Morgan fingerprint density at radius 2 is 2.09 bits per heavy atom. The van der Waals surface area contributed by atoms with Gasteiger partial charge in [-0.2, -0.15) is 0 Å². The zero-order valence-corrected chi connectivity index (χ0v) is 14.9. The number of nitrogens with zero attached hydrogens (tertiary/aromatic N) is 1. The fourth-order valence-electron chi connectivity index (χ4n) is 2.40. The Kier molecular flexibility index (Phi) is 3.77. The first-order valence-corrected chi connectivity index (χ1v) is 8.73. The van der Waals surface area contributed by atoms with Gasteiger partial charge >= 0.3 is 0 Å². The van der Waals surface area contributed by atoms with Gasteiger partial charge in [0.2, 0.25) is 0 Å². The second kappa shape index (κ2) is 5.79. The summed E-state index contributed by atoms with van der Waals surface area (Å²) in [5.41, 5.74) is 2.76. The number of carbonyl (C=O) groups excluding carboxylic acids is 1. The van der Waals surface area contributed by atoms with Crippen LogP contribution in [0.5, 0.6) is 0 Å². The number of anilines is 1. The number of amides is 1. The van der Waals surface area contributed by atoms with Crippen LogP contribution in [0.1, 0.15) is 35.0 Å². The van der Waals surface area contributed by atoms with Gasteiger partial charge in [0.25, 0.3) is 5.91 Å².